The lowest BCUT2D eigenvalue weighted by Gasteiger charge is -2.30. The van der Waals surface area contributed by atoms with Crippen molar-refractivity contribution in [2.24, 2.45) is 11.8 Å². The number of aromatic hydroxyl groups is 1. The van der Waals surface area contributed by atoms with Gasteiger partial charge in [-0.2, -0.15) is 0 Å². The fourth-order valence-corrected chi connectivity index (χ4v) is 6.54. The molecule has 6 rings (SSSR count). The second-order valence-electron chi connectivity index (χ2n) is 10.1. The van der Waals surface area contributed by atoms with Crippen LogP contribution in [-0.2, 0) is 32.8 Å². The number of fused-ring (bicyclic) bond motifs is 4. The van der Waals surface area contributed by atoms with Gasteiger partial charge in [0.25, 0.3) is 0 Å². The van der Waals surface area contributed by atoms with Crippen molar-refractivity contribution >= 4 is 35.0 Å². The van der Waals surface area contributed by atoms with Gasteiger partial charge >= 0.3 is 0 Å². The average molecular weight is 516 g/mol. The predicted molar refractivity (Wildman–Crippen MR) is 139 cm³/mol. The van der Waals surface area contributed by atoms with E-state index in [4.69, 9.17) is 11.6 Å². The van der Waals surface area contributed by atoms with Crippen LogP contribution < -0.4 is 10.6 Å². The van der Waals surface area contributed by atoms with Crippen molar-refractivity contribution in [2.75, 3.05) is 11.9 Å². The molecule has 3 aromatic carbocycles. The summed E-state index contributed by atoms with van der Waals surface area (Å²) in [5.74, 6) is -2.44. The molecule has 4 atom stereocenters. The Hall–Kier alpha value is -3.68. The molecular weight excluding hydrogens is 490 g/mol. The van der Waals surface area contributed by atoms with E-state index in [1.165, 1.54) is 4.90 Å². The van der Waals surface area contributed by atoms with E-state index in [-0.39, 0.29) is 30.0 Å². The highest BCUT2D eigenvalue weighted by Crippen LogP contribution is 2.54. The molecule has 3 aromatic rings. The smallest absolute Gasteiger partial charge is 0.250 e. The average Bonchev–Trinajstić information content (AvgIpc) is 3.45. The molecule has 3 heterocycles. The largest absolute Gasteiger partial charge is 0.508 e. The van der Waals surface area contributed by atoms with Crippen molar-refractivity contribution in [3.8, 4) is 5.75 Å². The summed E-state index contributed by atoms with van der Waals surface area (Å²) < 4.78 is 0. The van der Waals surface area contributed by atoms with Gasteiger partial charge in [-0.1, -0.05) is 60.1 Å². The number of anilines is 1. The molecule has 0 radical (unpaired) electrons. The molecule has 37 heavy (non-hydrogen) atoms. The Morgan fingerprint density at radius 2 is 1.70 bits per heavy atom. The summed E-state index contributed by atoms with van der Waals surface area (Å²) in [5.41, 5.74) is 2.46. The number of phenolic OH excluding ortho intramolecular Hbond substituents is 1. The number of hydrogen-bond acceptors (Lipinski definition) is 5. The van der Waals surface area contributed by atoms with Crippen LogP contribution in [0.1, 0.15) is 22.3 Å². The molecule has 0 aromatic heterocycles. The maximum Gasteiger partial charge on any atom is 0.250 e. The first-order chi connectivity index (χ1) is 17.8. The van der Waals surface area contributed by atoms with Gasteiger partial charge in [0.05, 0.1) is 22.5 Å². The van der Waals surface area contributed by atoms with Gasteiger partial charge in [-0.05, 0) is 54.7 Å². The molecule has 0 bridgehead atoms. The Bertz CT molecular complexity index is 1430. The zero-order chi connectivity index (χ0) is 25.9. The Morgan fingerprint density at radius 1 is 0.973 bits per heavy atom. The van der Waals surface area contributed by atoms with Crippen LogP contribution in [0.15, 0.2) is 66.7 Å². The second kappa shape index (κ2) is 8.71. The number of benzene rings is 3. The van der Waals surface area contributed by atoms with E-state index in [0.29, 0.717) is 29.1 Å². The Morgan fingerprint density at radius 3 is 2.43 bits per heavy atom. The topological polar surface area (TPSA) is 98.7 Å². The van der Waals surface area contributed by atoms with Crippen molar-refractivity contribution in [1.29, 1.82) is 0 Å². The van der Waals surface area contributed by atoms with Crippen LogP contribution in [-0.4, -0.2) is 40.3 Å². The number of halogens is 1. The zero-order valence-corrected chi connectivity index (χ0v) is 21.0. The molecule has 1 spiro atoms. The number of likely N-dealkylation sites (tertiary alicyclic amines) is 1. The summed E-state index contributed by atoms with van der Waals surface area (Å²) in [6, 6.07) is 19.6. The molecule has 3 aliphatic heterocycles. The number of amides is 3. The van der Waals surface area contributed by atoms with Gasteiger partial charge in [0.15, 0.2) is 0 Å². The standard InChI is InChI=1S/C29H26ClN3O4/c1-16-13-20-25(21(30)14-16)31-28(37)29(20)24-23(22(32-29)15-18-7-9-19(34)10-8-18)26(35)33(27(24)36)12-11-17-5-3-2-4-6-17/h2-10,13-14,22-24,32,34H,11-12,15H2,1H3,(H,31,37)/t22-,23+,24-,29-/m0/s1. The van der Waals surface area contributed by atoms with Crippen LogP contribution in [0.4, 0.5) is 5.69 Å². The molecule has 8 heteroatoms. The number of aryl methyl sites for hydroxylation is 1. The van der Waals surface area contributed by atoms with Crippen LogP contribution in [0.5, 0.6) is 5.75 Å². The summed E-state index contributed by atoms with van der Waals surface area (Å²) in [4.78, 5) is 42.8. The number of hydrogen-bond donors (Lipinski definition) is 3. The molecule has 2 fully saturated rings. The van der Waals surface area contributed by atoms with Crippen LogP contribution in [0, 0.1) is 18.8 Å². The van der Waals surface area contributed by atoms with E-state index in [1.54, 1.807) is 30.3 Å². The first kappa shape index (κ1) is 23.7. The molecular formula is C29H26ClN3O4. The molecule has 3 N–H and O–H groups in total. The monoisotopic (exact) mass is 515 g/mol. The first-order valence-corrected chi connectivity index (χ1v) is 12.7. The molecule has 2 saturated heterocycles. The maximum absolute atomic E-state index is 14.0. The van der Waals surface area contributed by atoms with E-state index < -0.39 is 23.4 Å². The minimum absolute atomic E-state index is 0.144. The molecule has 0 saturated carbocycles. The summed E-state index contributed by atoms with van der Waals surface area (Å²) in [5, 5.41) is 16.4. The third-order valence-corrected chi connectivity index (χ3v) is 8.17. The summed E-state index contributed by atoms with van der Waals surface area (Å²) in [6.07, 6.45) is 0.950. The first-order valence-electron chi connectivity index (χ1n) is 12.4. The highest BCUT2D eigenvalue weighted by molar-refractivity contribution is 6.35. The van der Waals surface area contributed by atoms with Crippen molar-refractivity contribution in [1.82, 2.24) is 10.2 Å². The predicted octanol–water partition coefficient (Wildman–Crippen LogP) is 3.56. The van der Waals surface area contributed by atoms with Crippen molar-refractivity contribution in [3.63, 3.8) is 0 Å². The van der Waals surface area contributed by atoms with E-state index in [1.807, 2.05) is 43.3 Å². The van der Waals surface area contributed by atoms with Crippen LogP contribution in [0.2, 0.25) is 5.02 Å². The SMILES string of the molecule is Cc1cc(Cl)c2c(c1)[C@@]1(N[C@@H](Cc3ccc(O)cc3)[C@H]3C(=O)N(CCc4ccccc4)C(=O)[C@H]31)C(=O)N2. The summed E-state index contributed by atoms with van der Waals surface area (Å²) in [7, 11) is 0. The van der Waals surface area contributed by atoms with Crippen molar-refractivity contribution < 1.29 is 19.5 Å². The van der Waals surface area contributed by atoms with Gasteiger partial charge in [0.1, 0.15) is 11.3 Å². The number of imide groups is 1. The quantitative estimate of drug-likeness (QED) is 0.451. The van der Waals surface area contributed by atoms with Gasteiger partial charge in [0.2, 0.25) is 17.7 Å². The summed E-state index contributed by atoms with van der Waals surface area (Å²) in [6.45, 7) is 2.14. The summed E-state index contributed by atoms with van der Waals surface area (Å²) >= 11 is 6.51. The normalized spacial score (nSPS) is 26.1. The van der Waals surface area contributed by atoms with Crippen molar-refractivity contribution in [2.45, 2.75) is 31.3 Å². The number of carbonyl (C=O) groups excluding carboxylic acids is 3. The zero-order valence-electron chi connectivity index (χ0n) is 20.2. The lowest BCUT2D eigenvalue weighted by molar-refractivity contribution is -0.142. The number of nitrogens with one attached hydrogen (secondary N) is 2. The second-order valence-corrected chi connectivity index (χ2v) is 10.5. The molecule has 3 amide bonds. The van der Waals surface area contributed by atoms with E-state index in [2.05, 4.69) is 10.6 Å². The highest BCUT2D eigenvalue weighted by Gasteiger charge is 2.70. The minimum atomic E-state index is -1.40. The molecule has 3 aliphatic rings. The van der Waals surface area contributed by atoms with E-state index >= 15 is 0 Å². The third-order valence-electron chi connectivity index (χ3n) is 7.87. The van der Waals surface area contributed by atoms with E-state index in [9.17, 15) is 19.5 Å². The van der Waals surface area contributed by atoms with Gasteiger partial charge < -0.3 is 10.4 Å². The highest BCUT2D eigenvalue weighted by atomic mass is 35.5. The minimum Gasteiger partial charge on any atom is -0.508 e. The number of phenols is 1. The molecule has 0 unspecified atom stereocenters. The van der Waals surface area contributed by atoms with Gasteiger partial charge in [-0.15, -0.1) is 0 Å². The Labute approximate surface area is 219 Å². The number of carbonyl (C=O) groups is 3. The Kier molecular flexibility index (Phi) is 5.58. The maximum atomic E-state index is 14.0. The lowest BCUT2D eigenvalue weighted by atomic mass is 9.76. The van der Waals surface area contributed by atoms with Crippen LogP contribution >= 0.6 is 11.6 Å². The fourth-order valence-electron chi connectivity index (χ4n) is 6.22. The molecule has 0 aliphatic carbocycles. The van der Waals surface area contributed by atoms with Crippen molar-refractivity contribution in [3.05, 3.63) is 94.0 Å². The van der Waals surface area contributed by atoms with Crippen LogP contribution in [0.25, 0.3) is 0 Å². The lowest BCUT2D eigenvalue weighted by Crippen LogP contribution is -2.53. The van der Waals surface area contributed by atoms with E-state index in [0.717, 1.165) is 16.7 Å². The van der Waals surface area contributed by atoms with Gasteiger partial charge in [-0.3, -0.25) is 24.6 Å². The van der Waals surface area contributed by atoms with Gasteiger partial charge in [-0.25, -0.2) is 0 Å². The fraction of sp³-hybridized carbons (Fsp3) is 0.276. The van der Waals surface area contributed by atoms with Crippen LogP contribution in [0.3, 0.4) is 0 Å². The number of rotatable bonds is 5. The Balaban J connectivity index is 1.42. The van der Waals surface area contributed by atoms with Gasteiger partial charge in [0, 0.05) is 18.2 Å². The third kappa shape index (κ3) is 3.64. The molecule has 188 valence electrons. The molecule has 7 nitrogen and oxygen atoms in total. The number of nitrogens with zero attached hydrogens (tertiary/aromatic N) is 1.